The monoisotopic (exact) mass is 203 g/mol. The number of rotatable bonds is 6. The molecule has 0 fully saturated rings. The Kier molecular flexibility index (Phi) is 8.62. The largest absolute Gasteiger partial charge is 0.475 e. The summed E-state index contributed by atoms with van der Waals surface area (Å²) in [5.41, 5.74) is 0. The molecular formula is C8H13NOS2. The van der Waals surface area contributed by atoms with E-state index in [-0.39, 0.29) is 0 Å². The minimum atomic E-state index is 0.363. The highest BCUT2D eigenvalue weighted by atomic mass is 32.2. The van der Waals surface area contributed by atoms with Gasteiger partial charge in [0.2, 0.25) is 0 Å². The molecule has 0 aromatic carbocycles. The topological polar surface area (TPSA) is 33.0 Å². The Bertz CT molecular complexity index is 165. The fourth-order valence-corrected chi connectivity index (χ4v) is 1.24. The van der Waals surface area contributed by atoms with Crippen molar-refractivity contribution in [1.29, 1.82) is 5.26 Å². The van der Waals surface area contributed by atoms with Crippen LogP contribution in [0.5, 0.6) is 0 Å². The normalized spacial score (nSPS) is 9.00. The van der Waals surface area contributed by atoms with Crippen molar-refractivity contribution >= 4 is 29.0 Å². The van der Waals surface area contributed by atoms with Crippen LogP contribution < -0.4 is 0 Å². The SMILES string of the molecule is CCCCCC(=S)OCSC#N. The minimum absolute atomic E-state index is 0.363. The molecule has 0 saturated heterocycles. The highest BCUT2D eigenvalue weighted by molar-refractivity contribution is 8.03. The van der Waals surface area contributed by atoms with E-state index in [1.807, 2.05) is 5.40 Å². The second-order valence-corrected chi connectivity index (χ2v) is 3.49. The molecule has 0 aliphatic rings. The summed E-state index contributed by atoms with van der Waals surface area (Å²) in [5.74, 6) is 0.363. The van der Waals surface area contributed by atoms with Gasteiger partial charge in [-0.05, 0) is 30.4 Å². The van der Waals surface area contributed by atoms with Crippen LogP contribution in [0, 0.1) is 10.7 Å². The summed E-state index contributed by atoms with van der Waals surface area (Å²) in [5, 5.41) is 10.7. The minimum Gasteiger partial charge on any atom is -0.475 e. The van der Waals surface area contributed by atoms with Crippen molar-refractivity contribution in [3.8, 4) is 5.40 Å². The van der Waals surface area contributed by atoms with E-state index < -0.39 is 0 Å². The number of thioether (sulfide) groups is 1. The van der Waals surface area contributed by atoms with Crippen LogP contribution in [0.2, 0.25) is 0 Å². The van der Waals surface area contributed by atoms with E-state index >= 15 is 0 Å². The molecule has 0 aliphatic heterocycles. The van der Waals surface area contributed by atoms with Gasteiger partial charge in [-0.3, -0.25) is 0 Å². The lowest BCUT2D eigenvalue weighted by Crippen LogP contribution is -2.00. The third kappa shape index (κ3) is 7.83. The molecule has 0 aromatic heterocycles. The number of thiocyanates is 1. The second kappa shape index (κ2) is 8.82. The summed E-state index contributed by atoms with van der Waals surface area (Å²) in [6.45, 7) is 2.15. The van der Waals surface area contributed by atoms with Crippen LogP contribution in [0.25, 0.3) is 0 Å². The molecule has 4 heteroatoms. The number of nitrogens with zero attached hydrogens (tertiary/aromatic N) is 1. The molecule has 0 rings (SSSR count). The molecule has 0 radical (unpaired) electrons. The molecule has 0 unspecified atom stereocenters. The van der Waals surface area contributed by atoms with Gasteiger partial charge < -0.3 is 4.74 Å². The number of thiocarbonyl (C=S) groups is 1. The molecule has 0 aliphatic carbocycles. The van der Waals surface area contributed by atoms with E-state index in [4.69, 9.17) is 22.2 Å². The number of hydrogen-bond acceptors (Lipinski definition) is 4. The Morgan fingerprint density at radius 3 is 2.92 bits per heavy atom. The summed E-state index contributed by atoms with van der Waals surface area (Å²) in [4.78, 5) is 0. The summed E-state index contributed by atoms with van der Waals surface area (Å²) < 4.78 is 5.10. The van der Waals surface area contributed by atoms with E-state index in [9.17, 15) is 0 Å². The molecule has 0 atom stereocenters. The Morgan fingerprint density at radius 1 is 1.58 bits per heavy atom. The number of unbranched alkanes of at least 4 members (excludes halogenated alkanes) is 2. The van der Waals surface area contributed by atoms with Gasteiger partial charge in [0.15, 0.2) is 5.05 Å². The molecule has 68 valence electrons. The zero-order valence-corrected chi connectivity index (χ0v) is 8.84. The average molecular weight is 203 g/mol. The maximum absolute atomic E-state index is 8.18. The van der Waals surface area contributed by atoms with E-state index in [0.29, 0.717) is 11.0 Å². The van der Waals surface area contributed by atoms with Crippen LogP contribution in [0.3, 0.4) is 0 Å². The van der Waals surface area contributed by atoms with Crippen LogP contribution in [-0.2, 0) is 4.74 Å². The van der Waals surface area contributed by atoms with Gasteiger partial charge in [0.05, 0.1) is 0 Å². The fraction of sp³-hybridized carbons (Fsp3) is 0.750. The summed E-state index contributed by atoms with van der Waals surface area (Å²) in [7, 11) is 0. The summed E-state index contributed by atoms with van der Waals surface area (Å²) >= 11 is 6.01. The van der Waals surface area contributed by atoms with E-state index in [2.05, 4.69) is 6.92 Å². The predicted octanol–water partition coefficient (Wildman–Crippen LogP) is 3.08. The van der Waals surface area contributed by atoms with Crippen molar-refractivity contribution in [2.45, 2.75) is 32.6 Å². The van der Waals surface area contributed by atoms with Crippen LogP contribution in [0.4, 0.5) is 0 Å². The van der Waals surface area contributed by atoms with E-state index in [1.165, 1.54) is 12.8 Å². The Balaban J connectivity index is 3.17. The van der Waals surface area contributed by atoms with Crippen molar-refractivity contribution in [3.05, 3.63) is 0 Å². The van der Waals surface area contributed by atoms with Gasteiger partial charge in [-0.2, -0.15) is 5.26 Å². The molecule has 12 heavy (non-hydrogen) atoms. The first-order valence-electron chi connectivity index (χ1n) is 3.97. The van der Waals surface area contributed by atoms with Gasteiger partial charge in [-0.15, -0.1) is 0 Å². The van der Waals surface area contributed by atoms with Crippen LogP contribution in [-0.4, -0.2) is 11.0 Å². The lowest BCUT2D eigenvalue weighted by Gasteiger charge is -2.03. The molecule has 0 N–H and O–H groups in total. The quantitative estimate of drug-likeness (QED) is 0.287. The smallest absolute Gasteiger partial charge is 0.161 e. The zero-order valence-electron chi connectivity index (χ0n) is 7.21. The summed E-state index contributed by atoms with van der Waals surface area (Å²) in [6.07, 6.45) is 4.31. The third-order valence-electron chi connectivity index (χ3n) is 1.33. The van der Waals surface area contributed by atoms with Crippen molar-refractivity contribution in [2.24, 2.45) is 0 Å². The van der Waals surface area contributed by atoms with Gasteiger partial charge in [0.25, 0.3) is 0 Å². The Labute approximate surface area is 83.3 Å². The van der Waals surface area contributed by atoms with Crippen molar-refractivity contribution in [2.75, 3.05) is 5.94 Å². The Hall–Kier alpha value is -0.270. The van der Waals surface area contributed by atoms with Gasteiger partial charge in [0.1, 0.15) is 11.3 Å². The zero-order chi connectivity index (χ0) is 9.23. The highest BCUT2D eigenvalue weighted by Crippen LogP contribution is 2.04. The van der Waals surface area contributed by atoms with Gasteiger partial charge in [-0.25, -0.2) is 0 Å². The lowest BCUT2D eigenvalue weighted by molar-refractivity contribution is 0.378. The molecular weight excluding hydrogens is 190 g/mol. The van der Waals surface area contributed by atoms with Crippen molar-refractivity contribution in [3.63, 3.8) is 0 Å². The number of nitriles is 1. The van der Waals surface area contributed by atoms with Gasteiger partial charge >= 0.3 is 0 Å². The van der Waals surface area contributed by atoms with Gasteiger partial charge in [0, 0.05) is 6.42 Å². The Morgan fingerprint density at radius 2 is 2.33 bits per heavy atom. The van der Waals surface area contributed by atoms with Crippen molar-refractivity contribution in [1.82, 2.24) is 0 Å². The van der Waals surface area contributed by atoms with Crippen LogP contribution in [0.15, 0.2) is 0 Å². The highest BCUT2D eigenvalue weighted by Gasteiger charge is 1.96. The summed E-state index contributed by atoms with van der Waals surface area (Å²) in [6, 6.07) is 0. The first-order chi connectivity index (χ1) is 5.81. The lowest BCUT2D eigenvalue weighted by atomic mass is 10.2. The van der Waals surface area contributed by atoms with Crippen LogP contribution in [0.1, 0.15) is 32.6 Å². The average Bonchev–Trinajstić information content (AvgIpc) is 2.06. The number of ether oxygens (including phenoxy) is 1. The fourth-order valence-electron chi connectivity index (χ4n) is 0.713. The standard InChI is InChI=1S/C8H13NOS2/c1-2-3-4-5-8(11)10-7-12-6-9/h2-5,7H2,1H3. The molecule has 0 aromatic rings. The predicted molar refractivity (Wildman–Crippen MR) is 55.9 cm³/mol. The van der Waals surface area contributed by atoms with Gasteiger partial charge in [-0.1, -0.05) is 19.8 Å². The molecule has 0 bridgehead atoms. The molecule has 0 saturated carbocycles. The van der Waals surface area contributed by atoms with Crippen molar-refractivity contribution < 1.29 is 4.74 Å². The maximum atomic E-state index is 8.18. The molecule has 0 spiro atoms. The molecule has 0 heterocycles. The first-order valence-corrected chi connectivity index (χ1v) is 5.37. The maximum Gasteiger partial charge on any atom is 0.161 e. The number of hydrogen-bond donors (Lipinski definition) is 0. The molecule has 0 amide bonds. The first kappa shape index (κ1) is 11.7. The van der Waals surface area contributed by atoms with E-state index in [1.54, 1.807) is 0 Å². The van der Waals surface area contributed by atoms with E-state index in [0.717, 1.165) is 24.6 Å². The van der Waals surface area contributed by atoms with Crippen LogP contribution >= 0.6 is 24.0 Å². The molecule has 2 nitrogen and oxygen atoms in total. The second-order valence-electron chi connectivity index (χ2n) is 2.33. The third-order valence-corrected chi connectivity index (χ3v) is 2.01.